The van der Waals surface area contributed by atoms with Crippen molar-refractivity contribution in [3.8, 4) is 0 Å². The minimum atomic E-state index is -0.0389. The molecule has 100 valence electrons. The molecular formula is C13H15N3O2S. The van der Waals surface area contributed by atoms with E-state index in [1.54, 1.807) is 10.9 Å². The molecule has 1 saturated heterocycles. The third-order valence-electron chi connectivity index (χ3n) is 3.37. The second-order valence-corrected chi connectivity index (χ2v) is 5.23. The van der Waals surface area contributed by atoms with Crippen LogP contribution in [0.4, 0.5) is 0 Å². The Morgan fingerprint density at radius 2 is 2.47 bits per heavy atom. The minimum absolute atomic E-state index is 0.0178. The van der Waals surface area contributed by atoms with Crippen molar-refractivity contribution < 1.29 is 9.53 Å². The number of nitrogens with zero attached hydrogens (tertiary/aromatic N) is 3. The summed E-state index contributed by atoms with van der Waals surface area (Å²) in [5, 5.41) is 1.79. The monoisotopic (exact) mass is 277 g/mol. The third kappa shape index (κ3) is 2.29. The third-order valence-corrected chi connectivity index (χ3v) is 3.95. The maximum Gasteiger partial charge on any atom is 0.274 e. The quantitative estimate of drug-likeness (QED) is 0.839. The van der Waals surface area contributed by atoms with Gasteiger partial charge < -0.3 is 14.2 Å². The first-order valence-corrected chi connectivity index (χ1v) is 7.10. The lowest BCUT2D eigenvalue weighted by molar-refractivity contribution is -0.00489. The molecule has 2 aromatic rings. The highest BCUT2D eigenvalue weighted by molar-refractivity contribution is 7.07. The van der Waals surface area contributed by atoms with Gasteiger partial charge in [0.05, 0.1) is 24.8 Å². The van der Waals surface area contributed by atoms with Crippen LogP contribution in [0.15, 0.2) is 29.2 Å². The van der Waals surface area contributed by atoms with Gasteiger partial charge in [-0.1, -0.05) is 0 Å². The molecule has 1 aliphatic rings. The molecule has 3 rings (SSSR count). The molecule has 0 bridgehead atoms. The van der Waals surface area contributed by atoms with Gasteiger partial charge in [-0.15, -0.1) is 11.3 Å². The Bertz CT molecular complexity index is 564. The van der Waals surface area contributed by atoms with Gasteiger partial charge in [-0.25, -0.2) is 4.98 Å². The Morgan fingerprint density at radius 1 is 1.58 bits per heavy atom. The highest BCUT2D eigenvalue weighted by Crippen LogP contribution is 2.25. The van der Waals surface area contributed by atoms with E-state index in [1.807, 2.05) is 34.8 Å². The number of hydrogen-bond donors (Lipinski definition) is 0. The van der Waals surface area contributed by atoms with E-state index in [-0.39, 0.29) is 11.9 Å². The zero-order valence-corrected chi connectivity index (χ0v) is 11.5. The number of ether oxygens (including phenoxy) is 1. The van der Waals surface area contributed by atoms with Crippen LogP contribution in [0.25, 0.3) is 0 Å². The van der Waals surface area contributed by atoms with Crippen LogP contribution in [0, 0.1) is 0 Å². The fourth-order valence-corrected chi connectivity index (χ4v) is 2.90. The van der Waals surface area contributed by atoms with E-state index < -0.39 is 0 Å². The second-order valence-electron chi connectivity index (χ2n) is 4.51. The van der Waals surface area contributed by atoms with Crippen molar-refractivity contribution >= 4 is 17.2 Å². The second kappa shape index (κ2) is 5.14. The van der Waals surface area contributed by atoms with Crippen molar-refractivity contribution in [2.45, 2.75) is 6.04 Å². The van der Waals surface area contributed by atoms with Gasteiger partial charge in [0.15, 0.2) is 0 Å². The smallest absolute Gasteiger partial charge is 0.274 e. The maximum absolute atomic E-state index is 12.5. The summed E-state index contributed by atoms with van der Waals surface area (Å²) in [5.74, 6) is -0.0178. The lowest BCUT2D eigenvalue weighted by Gasteiger charge is -2.35. The van der Waals surface area contributed by atoms with Crippen LogP contribution in [0.5, 0.6) is 0 Å². The molecule has 19 heavy (non-hydrogen) atoms. The lowest BCUT2D eigenvalue weighted by Crippen LogP contribution is -2.44. The standard InChI is InChI=1S/C13H15N3O2S/c1-15-4-2-3-11(15)12-7-18-6-5-16(12)13(17)10-8-19-9-14-10/h2-4,8-9,12H,5-7H2,1H3/t12-/m0/s1. The highest BCUT2D eigenvalue weighted by atomic mass is 32.1. The molecule has 0 saturated carbocycles. The zero-order chi connectivity index (χ0) is 13.2. The van der Waals surface area contributed by atoms with Crippen LogP contribution < -0.4 is 0 Å². The van der Waals surface area contributed by atoms with E-state index in [2.05, 4.69) is 4.98 Å². The van der Waals surface area contributed by atoms with Crippen LogP contribution in [-0.4, -0.2) is 40.1 Å². The number of thiazole rings is 1. The van der Waals surface area contributed by atoms with Gasteiger partial charge >= 0.3 is 0 Å². The molecule has 1 aliphatic heterocycles. The number of rotatable bonds is 2. The fourth-order valence-electron chi connectivity index (χ4n) is 2.38. The predicted molar refractivity (Wildman–Crippen MR) is 72.1 cm³/mol. The molecule has 2 aromatic heterocycles. The average molecular weight is 277 g/mol. The summed E-state index contributed by atoms with van der Waals surface area (Å²) in [4.78, 5) is 18.4. The van der Waals surface area contributed by atoms with Gasteiger partial charge in [-0.3, -0.25) is 4.79 Å². The number of carbonyl (C=O) groups excluding carboxylic acids is 1. The van der Waals surface area contributed by atoms with Gasteiger partial charge in [0.25, 0.3) is 5.91 Å². The number of hydrogen-bond acceptors (Lipinski definition) is 4. The van der Waals surface area contributed by atoms with E-state index in [0.717, 1.165) is 5.69 Å². The molecular weight excluding hydrogens is 262 g/mol. The highest BCUT2D eigenvalue weighted by Gasteiger charge is 2.31. The normalized spacial score (nSPS) is 19.6. The predicted octanol–water partition coefficient (Wildman–Crippen LogP) is 1.70. The van der Waals surface area contributed by atoms with Crippen molar-refractivity contribution in [3.63, 3.8) is 0 Å². The van der Waals surface area contributed by atoms with Crippen LogP contribution in [0.1, 0.15) is 22.2 Å². The van der Waals surface area contributed by atoms with Crippen LogP contribution >= 0.6 is 11.3 Å². The molecule has 0 unspecified atom stereocenters. The summed E-state index contributed by atoms with van der Waals surface area (Å²) in [7, 11) is 1.98. The minimum Gasteiger partial charge on any atom is -0.377 e. The van der Waals surface area contributed by atoms with Crippen molar-refractivity contribution in [1.82, 2.24) is 14.5 Å². The first-order chi connectivity index (χ1) is 9.27. The van der Waals surface area contributed by atoms with Crippen LogP contribution in [0.2, 0.25) is 0 Å². The van der Waals surface area contributed by atoms with Gasteiger partial charge in [-0.2, -0.15) is 0 Å². The number of carbonyl (C=O) groups is 1. The van der Waals surface area contributed by atoms with Gasteiger partial charge in [0.1, 0.15) is 5.69 Å². The summed E-state index contributed by atoms with van der Waals surface area (Å²) in [6, 6.07) is 3.97. The molecule has 0 radical (unpaired) electrons. The Kier molecular flexibility index (Phi) is 3.35. The molecule has 5 nitrogen and oxygen atoms in total. The number of aryl methyl sites for hydroxylation is 1. The molecule has 1 amide bonds. The Balaban J connectivity index is 1.90. The summed E-state index contributed by atoms with van der Waals surface area (Å²) < 4.78 is 7.56. The maximum atomic E-state index is 12.5. The van der Waals surface area contributed by atoms with E-state index in [4.69, 9.17) is 4.74 Å². The Hall–Kier alpha value is -1.66. The van der Waals surface area contributed by atoms with Crippen molar-refractivity contribution in [2.24, 2.45) is 7.05 Å². The molecule has 1 atom stereocenters. The van der Waals surface area contributed by atoms with Gasteiger partial charge in [0.2, 0.25) is 0 Å². The molecule has 3 heterocycles. The Labute approximate surface area is 115 Å². The lowest BCUT2D eigenvalue weighted by atomic mass is 10.1. The van der Waals surface area contributed by atoms with Gasteiger partial charge in [0, 0.05) is 30.9 Å². The molecule has 1 fully saturated rings. The van der Waals surface area contributed by atoms with E-state index in [9.17, 15) is 4.79 Å². The summed E-state index contributed by atoms with van der Waals surface area (Å²) in [5.41, 5.74) is 3.29. The first-order valence-electron chi connectivity index (χ1n) is 6.15. The Morgan fingerprint density at radius 3 is 3.16 bits per heavy atom. The number of amides is 1. The van der Waals surface area contributed by atoms with E-state index in [1.165, 1.54) is 11.3 Å². The van der Waals surface area contributed by atoms with Gasteiger partial charge in [-0.05, 0) is 12.1 Å². The van der Waals surface area contributed by atoms with E-state index >= 15 is 0 Å². The SMILES string of the molecule is Cn1cccc1[C@@H]1COCCN1C(=O)c1cscn1. The molecule has 0 N–H and O–H groups in total. The number of aromatic nitrogens is 2. The number of morpholine rings is 1. The average Bonchev–Trinajstić information content (AvgIpc) is 3.09. The summed E-state index contributed by atoms with van der Waals surface area (Å²) >= 11 is 1.44. The first kappa shape index (κ1) is 12.4. The zero-order valence-electron chi connectivity index (χ0n) is 10.7. The molecule has 0 aliphatic carbocycles. The largest absolute Gasteiger partial charge is 0.377 e. The summed E-state index contributed by atoms with van der Waals surface area (Å²) in [6.07, 6.45) is 1.98. The van der Waals surface area contributed by atoms with Crippen LogP contribution in [0.3, 0.4) is 0 Å². The van der Waals surface area contributed by atoms with E-state index in [0.29, 0.717) is 25.5 Å². The van der Waals surface area contributed by atoms with Crippen molar-refractivity contribution in [2.75, 3.05) is 19.8 Å². The fraction of sp³-hybridized carbons (Fsp3) is 0.385. The topological polar surface area (TPSA) is 47.4 Å². The van der Waals surface area contributed by atoms with Crippen molar-refractivity contribution in [1.29, 1.82) is 0 Å². The molecule has 0 aromatic carbocycles. The van der Waals surface area contributed by atoms with Crippen LogP contribution in [-0.2, 0) is 11.8 Å². The summed E-state index contributed by atoms with van der Waals surface area (Å²) in [6.45, 7) is 1.72. The molecule has 0 spiro atoms. The van der Waals surface area contributed by atoms with Crippen molar-refractivity contribution in [3.05, 3.63) is 40.6 Å². The molecule has 6 heteroatoms.